The predicted molar refractivity (Wildman–Crippen MR) is 136 cm³/mol. The molecule has 3 aromatic carbocycles. The lowest BCUT2D eigenvalue weighted by molar-refractivity contribution is -0.141. The zero-order chi connectivity index (χ0) is 24.1. The number of ether oxygens (including phenoxy) is 3. The molecular weight excluding hydrogens is 438 g/mol. The van der Waals surface area contributed by atoms with E-state index in [-0.39, 0.29) is 5.97 Å². The smallest absolute Gasteiger partial charge is 0.338 e. The molecule has 1 aliphatic heterocycles. The Kier molecular flexibility index (Phi) is 7.09. The zero-order valence-corrected chi connectivity index (χ0v) is 20.1. The Hall–Kier alpha value is -3.25. The summed E-state index contributed by atoms with van der Waals surface area (Å²) in [4.78, 5) is 16.1. The van der Waals surface area contributed by atoms with Crippen LogP contribution in [0.2, 0.25) is 0 Å². The van der Waals surface area contributed by atoms with Crippen molar-refractivity contribution in [1.82, 2.24) is 4.90 Å². The summed E-state index contributed by atoms with van der Waals surface area (Å²) in [5.74, 6) is -0.349. The molecule has 180 valence electrons. The van der Waals surface area contributed by atoms with Crippen molar-refractivity contribution in [2.75, 3.05) is 46.1 Å². The van der Waals surface area contributed by atoms with Gasteiger partial charge in [0.15, 0.2) is 5.60 Å². The highest BCUT2D eigenvalue weighted by Crippen LogP contribution is 2.53. The van der Waals surface area contributed by atoms with Crippen LogP contribution in [0.4, 0.5) is 0 Å². The van der Waals surface area contributed by atoms with Crippen LogP contribution in [0.15, 0.2) is 90.5 Å². The first-order chi connectivity index (χ1) is 17.3. The van der Waals surface area contributed by atoms with Crippen LogP contribution in [0.5, 0.6) is 0 Å². The van der Waals surface area contributed by atoms with Gasteiger partial charge in [-0.25, -0.2) is 4.79 Å². The molecule has 1 fully saturated rings. The fourth-order valence-corrected chi connectivity index (χ4v) is 5.17. The average Bonchev–Trinajstić information content (AvgIpc) is 3.22. The number of morpholine rings is 1. The van der Waals surface area contributed by atoms with E-state index in [1.165, 1.54) is 0 Å². The predicted octanol–water partition coefficient (Wildman–Crippen LogP) is 4.66. The Morgan fingerprint density at radius 2 is 1.57 bits per heavy atom. The first kappa shape index (κ1) is 23.5. The molecule has 5 nitrogen and oxygen atoms in total. The summed E-state index contributed by atoms with van der Waals surface area (Å²) in [7, 11) is 0. The number of rotatable bonds is 8. The van der Waals surface area contributed by atoms with Gasteiger partial charge >= 0.3 is 5.97 Å². The molecule has 3 aromatic rings. The molecule has 5 heteroatoms. The molecule has 5 rings (SSSR count). The van der Waals surface area contributed by atoms with Crippen LogP contribution in [0.25, 0.3) is 5.57 Å². The van der Waals surface area contributed by atoms with Gasteiger partial charge in [0.2, 0.25) is 0 Å². The summed E-state index contributed by atoms with van der Waals surface area (Å²) in [6, 6.07) is 28.3. The molecule has 0 amide bonds. The highest BCUT2D eigenvalue weighted by Gasteiger charge is 2.51. The van der Waals surface area contributed by atoms with E-state index in [1.54, 1.807) is 0 Å². The molecule has 0 spiro atoms. The molecule has 1 unspecified atom stereocenters. The van der Waals surface area contributed by atoms with Crippen LogP contribution >= 0.6 is 0 Å². The van der Waals surface area contributed by atoms with Gasteiger partial charge in [0.05, 0.1) is 32.0 Å². The monoisotopic (exact) mass is 469 g/mol. The molecule has 0 saturated carbocycles. The number of benzene rings is 3. The van der Waals surface area contributed by atoms with E-state index in [9.17, 15) is 4.79 Å². The minimum atomic E-state index is -1.07. The number of carbonyl (C=O) groups is 1. The van der Waals surface area contributed by atoms with Crippen molar-refractivity contribution < 1.29 is 19.0 Å². The van der Waals surface area contributed by atoms with E-state index in [4.69, 9.17) is 14.2 Å². The molecule has 2 aliphatic rings. The maximum Gasteiger partial charge on any atom is 0.338 e. The van der Waals surface area contributed by atoms with Gasteiger partial charge < -0.3 is 14.2 Å². The molecule has 35 heavy (non-hydrogen) atoms. The van der Waals surface area contributed by atoms with Crippen LogP contribution in [-0.4, -0.2) is 56.9 Å². The first-order valence-electron chi connectivity index (χ1n) is 12.3. The van der Waals surface area contributed by atoms with E-state index in [2.05, 4.69) is 17.0 Å². The zero-order valence-electron chi connectivity index (χ0n) is 20.1. The van der Waals surface area contributed by atoms with E-state index in [1.807, 2.05) is 79.7 Å². The molecule has 1 aliphatic carbocycles. The van der Waals surface area contributed by atoms with E-state index in [0.717, 1.165) is 60.7 Å². The second kappa shape index (κ2) is 10.6. The Morgan fingerprint density at radius 1 is 0.914 bits per heavy atom. The third kappa shape index (κ3) is 4.43. The summed E-state index contributed by atoms with van der Waals surface area (Å²) in [5, 5.41) is 0. The van der Waals surface area contributed by atoms with Gasteiger partial charge in [-0.3, -0.25) is 4.90 Å². The number of carbonyl (C=O) groups excluding carboxylic acids is 1. The third-order valence-electron chi connectivity index (χ3n) is 6.73. The molecular formula is C30H31NO4. The second-order valence-electron chi connectivity index (χ2n) is 8.73. The number of esters is 1. The van der Waals surface area contributed by atoms with Crippen molar-refractivity contribution in [1.29, 1.82) is 0 Å². The van der Waals surface area contributed by atoms with Crippen molar-refractivity contribution in [3.8, 4) is 0 Å². The number of nitrogens with zero attached hydrogens (tertiary/aromatic N) is 1. The van der Waals surface area contributed by atoms with Crippen LogP contribution in [0.1, 0.15) is 29.2 Å². The van der Waals surface area contributed by atoms with Crippen molar-refractivity contribution in [3.63, 3.8) is 0 Å². The molecule has 1 atom stereocenters. The van der Waals surface area contributed by atoms with E-state index in [0.29, 0.717) is 18.8 Å². The van der Waals surface area contributed by atoms with Crippen molar-refractivity contribution in [3.05, 3.63) is 113 Å². The maximum absolute atomic E-state index is 13.8. The number of hydrogen-bond acceptors (Lipinski definition) is 5. The summed E-state index contributed by atoms with van der Waals surface area (Å²) >= 11 is 0. The molecule has 0 radical (unpaired) electrons. The normalized spacial score (nSPS) is 20.0. The van der Waals surface area contributed by atoms with Crippen LogP contribution in [0, 0.1) is 0 Å². The second-order valence-corrected chi connectivity index (χ2v) is 8.73. The van der Waals surface area contributed by atoms with E-state index >= 15 is 0 Å². The van der Waals surface area contributed by atoms with E-state index < -0.39 is 5.60 Å². The SMILES string of the molecule is CCOC(=O)C1=C(c2ccccc2)c2ccccc2C1(OCCN1CCOCC1)c1ccccc1. The van der Waals surface area contributed by atoms with Crippen LogP contribution in [0.3, 0.4) is 0 Å². The highest BCUT2D eigenvalue weighted by molar-refractivity contribution is 6.08. The van der Waals surface area contributed by atoms with Gasteiger partial charge in [-0.2, -0.15) is 0 Å². The fourth-order valence-electron chi connectivity index (χ4n) is 5.17. The van der Waals surface area contributed by atoms with Gasteiger partial charge in [-0.05, 0) is 23.6 Å². The molecule has 1 heterocycles. The lowest BCUT2D eigenvalue weighted by atomic mass is 9.82. The van der Waals surface area contributed by atoms with Gasteiger partial charge in [0.25, 0.3) is 0 Å². The van der Waals surface area contributed by atoms with Crippen LogP contribution < -0.4 is 0 Å². The lowest BCUT2D eigenvalue weighted by Crippen LogP contribution is -2.41. The average molecular weight is 470 g/mol. The standard InChI is InChI=1S/C30H31NO4/c1-2-34-29(32)28-27(23-11-5-3-6-12-23)25-15-9-10-16-26(25)30(28,24-13-7-4-8-14-24)35-22-19-31-17-20-33-21-18-31/h3-16H,2,17-22H2,1H3. The quantitative estimate of drug-likeness (QED) is 0.449. The molecule has 0 bridgehead atoms. The van der Waals surface area contributed by atoms with Crippen LogP contribution in [-0.2, 0) is 24.6 Å². The van der Waals surface area contributed by atoms with Crippen molar-refractivity contribution in [2.24, 2.45) is 0 Å². The Morgan fingerprint density at radius 3 is 2.29 bits per heavy atom. The molecule has 0 N–H and O–H groups in total. The maximum atomic E-state index is 13.8. The first-order valence-corrected chi connectivity index (χ1v) is 12.3. The van der Waals surface area contributed by atoms with Gasteiger partial charge in [-0.15, -0.1) is 0 Å². The summed E-state index contributed by atoms with van der Waals surface area (Å²) in [6.45, 7) is 6.59. The largest absolute Gasteiger partial charge is 0.463 e. The Labute approximate surface area is 206 Å². The molecule has 0 aromatic heterocycles. The van der Waals surface area contributed by atoms with Gasteiger partial charge in [-0.1, -0.05) is 84.9 Å². The summed E-state index contributed by atoms with van der Waals surface area (Å²) in [6.07, 6.45) is 0. The highest BCUT2D eigenvalue weighted by atomic mass is 16.5. The molecule has 1 saturated heterocycles. The third-order valence-corrected chi connectivity index (χ3v) is 6.73. The van der Waals surface area contributed by atoms with Gasteiger partial charge in [0, 0.05) is 30.8 Å². The topological polar surface area (TPSA) is 48.0 Å². The Balaban J connectivity index is 1.69. The number of hydrogen-bond donors (Lipinski definition) is 0. The minimum absolute atomic E-state index is 0.291. The van der Waals surface area contributed by atoms with Crippen molar-refractivity contribution in [2.45, 2.75) is 12.5 Å². The summed E-state index contributed by atoms with van der Waals surface area (Å²) in [5.41, 5.74) is 4.20. The van der Waals surface area contributed by atoms with Gasteiger partial charge in [0.1, 0.15) is 0 Å². The number of fused-ring (bicyclic) bond motifs is 1. The summed E-state index contributed by atoms with van der Waals surface area (Å²) < 4.78 is 18.1. The van der Waals surface area contributed by atoms with Crippen molar-refractivity contribution >= 4 is 11.5 Å². The fraction of sp³-hybridized carbons (Fsp3) is 0.300. The lowest BCUT2D eigenvalue weighted by Gasteiger charge is -2.35. The minimum Gasteiger partial charge on any atom is -0.463 e. The Bertz CT molecular complexity index is 1190.